The minimum Gasteiger partial charge on any atom is -1.00 e. The third kappa shape index (κ3) is 7.03. The summed E-state index contributed by atoms with van der Waals surface area (Å²) in [6.07, 6.45) is 8.50. The smallest absolute Gasteiger partial charge is 1.00 e. The Morgan fingerprint density at radius 3 is 0.865 bits per heavy atom. The molecule has 0 unspecified atom stereocenters. The van der Waals surface area contributed by atoms with Gasteiger partial charge in [0, 0.05) is 44.3 Å². The summed E-state index contributed by atoms with van der Waals surface area (Å²) < 4.78 is 0. The first-order valence-electron chi connectivity index (χ1n) is 16.2. The summed E-state index contributed by atoms with van der Waals surface area (Å²) in [5, 5.41) is 0. The number of aromatic nitrogens is 4. The number of rotatable bonds is 4. The van der Waals surface area contributed by atoms with Crippen LogP contribution < -0.4 is 37.2 Å². The van der Waals surface area contributed by atoms with Crippen molar-refractivity contribution in [2.24, 2.45) is 0 Å². The molecule has 8 heteroatoms. The van der Waals surface area contributed by atoms with Gasteiger partial charge < -0.3 is 47.2 Å². The molecule has 0 fully saturated rings. The Kier molecular flexibility index (Phi) is 12.1. The molecule has 3 aromatic heterocycles. The first-order chi connectivity index (χ1) is 23.8. The Labute approximate surface area is 331 Å². The number of benzene rings is 4. The second-order valence-electron chi connectivity index (χ2n) is 12.0. The Bertz CT molecular complexity index is 2410. The van der Waals surface area contributed by atoms with Gasteiger partial charge in [-0.3, -0.25) is 0 Å². The molecular weight excluding hydrogens is 746 g/mol. The van der Waals surface area contributed by atoms with Crippen LogP contribution in [-0.2, 0) is 17.1 Å². The number of halogens is 3. The molecule has 0 atom stereocenters. The van der Waals surface area contributed by atoms with E-state index in [2.05, 4.69) is 162 Å². The summed E-state index contributed by atoms with van der Waals surface area (Å²) in [7, 11) is 0. The molecule has 2 aliphatic rings. The van der Waals surface area contributed by atoms with Crippen LogP contribution in [0.4, 0.5) is 0 Å². The van der Waals surface area contributed by atoms with E-state index in [0.29, 0.717) is 0 Å². The van der Waals surface area contributed by atoms with E-state index >= 15 is 0 Å². The second kappa shape index (κ2) is 16.5. The van der Waals surface area contributed by atoms with Gasteiger partial charge in [-0.15, -0.1) is 0 Å². The summed E-state index contributed by atoms with van der Waals surface area (Å²) in [5.74, 6) is 0. The predicted molar refractivity (Wildman–Crippen MR) is 201 cm³/mol. The molecule has 5 heterocycles. The number of aromatic amines is 2. The van der Waals surface area contributed by atoms with Gasteiger partial charge in [-0.1, -0.05) is 121 Å². The molecule has 4 aromatic carbocycles. The molecule has 0 saturated carbocycles. The standard InChI is InChI=1S/C44H30N4.3ClH.Mn/c1-5-13-29(14-6-1)41-33-21-23-35(45-33)42(30-15-7-2-8-16-30)37-25-27-39(47-37)44(32-19-11-4-12-20-32)40-28-26-38(48-40)43(31-17-9-3-10-18-31)36-24-22-34(41)46-36;;;;/h1-28,45-46H;3*1H;/q;;;;+3/p-3. The van der Waals surface area contributed by atoms with Crippen molar-refractivity contribution in [2.75, 3.05) is 0 Å². The van der Waals surface area contributed by atoms with Gasteiger partial charge >= 0.3 is 17.1 Å². The monoisotopic (exact) mass is 774 g/mol. The molecule has 4 nitrogen and oxygen atoms in total. The summed E-state index contributed by atoms with van der Waals surface area (Å²) in [4.78, 5) is 18.3. The first kappa shape index (κ1) is 38.1. The van der Waals surface area contributed by atoms with E-state index in [1.54, 1.807) is 0 Å². The zero-order chi connectivity index (χ0) is 31.9. The van der Waals surface area contributed by atoms with Gasteiger partial charge in [0.1, 0.15) is 0 Å². The second-order valence-corrected chi connectivity index (χ2v) is 12.0. The molecule has 9 rings (SSSR count). The van der Waals surface area contributed by atoms with Crippen LogP contribution in [0, 0.1) is 0 Å². The van der Waals surface area contributed by atoms with Gasteiger partial charge in [0.2, 0.25) is 0 Å². The largest absolute Gasteiger partial charge is 3.00 e. The van der Waals surface area contributed by atoms with Crippen LogP contribution in [0.25, 0.3) is 90.9 Å². The quantitative estimate of drug-likeness (QED) is 0.270. The van der Waals surface area contributed by atoms with Gasteiger partial charge in [-0.25, -0.2) is 9.97 Å². The molecule has 254 valence electrons. The molecule has 2 N–H and O–H groups in total. The van der Waals surface area contributed by atoms with Gasteiger partial charge in [0.25, 0.3) is 0 Å². The van der Waals surface area contributed by atoms with Crippen LogP contribution in [-0.4, -0.2) is 19.9 Å². The van der Waals surface area contributed by atoms with Crippen LogP contribution in [0.2, 0.25) is 0 Å². The number of nitrogens with one attached hydrogen (secondary N) is 2. The minimum atomic E-state index is 0. The van der Waals surface area contributed by atoms with Crippen LogP contribution in [0.1, 0.15) is 22.8 Å². The normalized spacial score (nSPS) is 11.1. The summed E-state index contributed by atoms with van der Waals surface area (Å²) >= 11 is 0. The summed E-state index contributed by atoms with van der Waals surface area (Å²) in [5.41, 5.74) is 16.2. The van der Waals surface area contributed by atoms with E-state index in [1.807, 2.05) is 18.2 Å². The zero-order valence-electron chi connectivity index (χ0n) is 27.6. The van der Waals surface area contributed by atoms with E-state index in [-0.39, 0.29) is 54.3 Å². The van der Waals surface area contributed by atoms with Gasteiger partial charge in [0.05, 0.1) is 22.8 Å². The molecule has 0 spiro atoms. The van der Waals surface area contributed by atoms with E-state index < -0.39 is 0 Å². The Balaban J connectivity index is 0.00000131. The van der Waals surface area contributed by atoms with Crippen molar-refractivity contribution in [3.63, 3.8) is 0 Å². The third-order valence-electron chi connectivity index (χ3n) is 9.00. The van der Waals surface area contributed by atoms with Crippen molar-refractivity contribution >= 4 is 46.4 Å². The third-order valence-corrected chi connectivity index (χ3v) is 9.00. The number of nitrogens with zero attached hydrogens (tertiary/aromatic N) is 2. The molecular formula is C44H30Cl3MnN4. The van der Waals surface area contributed by atoms with Gasteiger partial charge in [-0.05, 0) is 70.8 Å². The molecule has 8 bridgehead atoms. The fourth-order valence-electron chi connectivity index (χ4n) is 6.84. The van der Waals surface area contributed by atoms with Crippen molar-refractivity contribution < 1.29 is 54.3 Å². The van der Waals surface area contributed by atoms with Crippen LogP contribution in [0.3, 0.4) is 0 Å². The van der Waals surface area contributed by atoms with Crippen molar-refractivity contribution in [3.8, 4) is 44.5 Å². The number of fused-ring (bicyclic) bond motifs is 8. The van der Waals surface area contributed by atoms with E-state index in [0.717, 1.165) is 89.4 Å². The molecule has 0 aliphatic carbocycles. The molecule has 2 aliphatic heterocycles. The molecule has 7 aromatic rings. The number of H-pyrrole nitrogens is 2. The van der Waals surface area contributed by atoms with Crippen LogP contribution in [0.15, 0.2) is 146 Å². The van der Waals surface area contributed by atoms with Crippen LogP contribution >= 0.6 is 0 Å². The Hall–Kier alpha value is -5.13. The SMILES string of the molecule is C1=Cc2nc1c(-c1ccccc1)c1nc(c(-c3ccccc3)c3ccc([nH]3)c(-c3ccccc3)c3ccc([nH]3)c2-c2ccccc2)C=C1.[Cl-].[Cl-].[Cl-].[Mn+3]. The maximum atomic E-state index is 5.33. The Morgan fingerprint density at radius 1 is 0.288 bits per heavy atom. The van der Waals surface area contributed by atoms with E-state index in [1.165, 1.54) is 0 Å². The molecule has 0 amide bonds. The maximum absolute atomic E-state index is 5.33. The van der Waals surface area contributed by atoms with Crippen molar-refractivity contribution in [1.29, 1.82) is 0 Å². The van der Waals surface area contributed by atoms with Crippen molar-refractivity contribution in [1.82, 2.24) is 19.9 Å². The first-order valence-corrected chi connectivity index (χ1v) is 16.2. The van der Waals surface area contributed by atoms with Crippen LogP contribution in [0.5, 0.6) is 0 Å². The average Bonchev–Trinajstić information content (AvgIpc) is 3.98. The van der Waals surface area contributed by atoms with Crippen molar-refractivity contribution in [3.05, 3.63) is 168 Å². The van der Waals surface area contributed by atoms with Crippen molar-refractivity contribution in [2.45, 2.75) is 0 Å². The molecule has 52 heavy (non-hydrogen) atoms. The Morgan fingerprint density at radius 2 is 0.538 bits per heavy atom. The number of hydrogen-bond donors (Lipinski definition) is 2. The summed E-state index contributed by atoms with van der Waals surface area (Å²) in [6.45, 7) is 0. The van der Waals surface area contributed by atoms with Gasteiger partial charge in [0.15, 0.2) is 0 Å². The minimum absolute atomic E-state index is 0. The summed E-state index contributed by atoms with van der Waals surface area (Å²) in [6, 6.07) is 50.7. The molecule has 0 saturated heterocycles. The number of hydrogen-bond acceptors (Lipinski definition) is 2. The fraction of sp³-hybridized carbons (Fsp3) is 0. The van der Waals surface area contributed by atoms with E-state index in [9.17, 15) is 0 Å². The zero-order valence-corrected chi connectivity index (χ0v) is 31.0. The predicted octanol–water partition coefficient (Wildman–Crippen LogP) is 2.33. The molecule has 0 radical (unpaired) electrons. The maximum Gasteiger partial charge on any atom is 3.00 e. The van der Waals surface area contributed by atoms with E-state index in [4.69, 9.17) is 9.97 Å². The topological polar surface area (TPSA) is 57.4 Å². The average molecular weight is 776 g/mol. The fourth-order valence-corrected chi connectivity index (χ4v) is 6.84. The van der Waals surface area contributed by atoms with Gasteiger partial charge in [-0.2, -0.15) is 0 Å².